The number of aliphatic hydroxyl groups is 1. The molecule has 1 aromatic carbocycles. The Balaban J connectivity index is 2.71. The molecule has 0 spiro atoms. The van der Waals surface area contributed by atoms with Gasteiger partial charge in [-0.25, -0.2) is 0 Å². The predicted molar refractivity (Wildman–Crippen MR) is 75.1 cm³/mol. The minimum atomic E-state index is -0.795. The van der Waals surface area contributed by atoms with Crippen LogP contribution in [0.15, 0.2) is 18.2 Å². The van der Waals surface area contributed by atoms with Gasteiger partial charge in [0.1, 0.15) is 5.75 Å². The molecule has 0 heterocycles. The second kappa shape index (κ2) is 6.76. The van der Waals surface area contributed by atoms with E-state index in [-0.39, 0.29) is 0 Å². The lowest BCUT2D eigenvalue weighted by molar-refractivity contribution is 0.0474. The number of ether oxygens (including phenoxy) is 1. The zero-order chi connectivity index (χ0) is 13.6. The summed E-state index contributed by atoms with van der Waals surface area (Å²) in [6, 6.07) is 5.81. The van der Waals surface area contributed by atoms with E-state index >= 15 is 0 Å². The van der Waals surface area contributed by atoms with Crippen LogP contribution in [0.3, 0.4) is 0 Å². The average molecular weight is 251 g/mol. The minimum absolute atomic E-state index is 0.709. The van der Waals surface area contributed by atoms with Crippen LogP contribution >= 0.6 is 0 Å². The first-order valence-corrected chi connectivity index (χ1v) is 6.59. The Morgan fingerprint density at radius 1 is 1.33 bits per heavy atom. The first-order valence-electron chi connectivity index (χ1n) is 6.59. The van der Waals surface area contributed by atoms with Gasteiger partial charge in [0.25, 0.3) is 0 Å². The fraction of sp³-hybridized carbons (Fsp3) is 0.600. The van der Waals surface area contributed by atoms with E-state index in [9.17, 15) is 5.11 Å². The summed E-state index contributed by atoms with van der Waals surface area (Å²) >= 11 is 0. The summed E-state index contributed by atoms with van der Waals surface area (Å²) < 4.78 is 5.18. The van der Waals surface area contributed by atoms with Crippen molar-refractivity contribution in [2.24, 2.45) is 0 Å². The Morgan fingerprint density at radius 2 is 2.06 bits per heavy atom. The van der Waals surface area contributed by atoms with Crippen molar-refractivity contribution in [3.63, 3.8) is 0 Å². The average Bonchev–Trinajstić information content (AvgIpc) is 2.34. The van der Waals surface area contributed by atoms with Crippen LogP contribution in [0.1, 0.15) is 37.8 Å². The zero-order valence-corrected chi connectivity index (χ0v) is 11.9. The van der Waals surface area contributed by atoms with Crippen molar-refractivity contribution in [1.29, 1.82) is 0 Å². The maximum Gasteiger partial charge on any atom is 0.119 e. The van der Waals surface area contributed by atoms with E-state index in [4.69, 9.17) is 4.74 Å². The molecule has 1 rings (SSSR count). The Hall–Kier alpha value is -1.06. The molecule has 3 heteroatoms. The van der Waals surface area contributed by atoms with Crippen molar-refractivity contribution < 1.29 is 9.84 Å². The van der Waals surface area contributed by atoms with E-state index in [0.717, 1.165) is 36.4 Å². The van der Waals surface area contributed by atoms with Gasteiger partial charge in [-0.2, -0.15) is 0 Å². The Labute approximate surface area is 110 Å². The molecule has 2 N–H and O–H groups in total. The third-order valence-corrected chi connectivity index (χ3v) is 3.23. The topological polar surface area (TPSA) is 41.5 Å². The number of aryl methyl sites for hydroxylation is 1. The molecule has 0 radical (unpaired) electrons. The molecule has 0 amide bonds. The Kier molecular flexibility index (Phi) is 5.63. The highest BCUT2D eigenvalue weighted by Gasteiger charge is 2.24. The molecule has 0 aliphatic heterocycles. The van der Waals surface area contributed by atoms with E-state index in [1.54, 1.807) is 7.11 Å². The molecule has 1 unspecified atom stereocenters. The lowest BCUT2D eigenvalue weighted by Gasteiger charge is -2.26. The van der Waals surface area contributed by atoms with Gasteiger partial charge in [0.05, 0.1) is 12.7 Å². The van der Waals surface area contributed by atoms with Crippen LogP contribution in [0.5, 0.6) is 5.75 Å². The SMILES string of the molecule is CCCNCCC(C)(O)c1ccc(OC)cc1C. The maximum atomic E-state index is 10.5. The van der Waals surface area contributed by atoms with Crippen molar-refractivity contribution in [3.05, 3.63) is 29.3 Å². The summed E-state index contributed by atoms with van der Waals surface area (Å²) in [6.45, 7) is 7.84. The third kappa shape index (κ3) is 4.00. The molecular weight excluding hydrogens is 226 g/mol. The van der Waals surface area contributed by atoms with Gasteiger partial charge < -0.3 is 15.2 Å². The summed E-state index contributed by atoms with van der Waals surface area (Å²) in [5.74, 6) is 0.830. The first kappa shape index (κ1) is 15.0. The monoisotopic (exact) mass is 251 g/mol. The largest absolute Gasteiger partial charge is 0.497 e. The standard InChI is InChI=1S/C15H25NO2/c1-5-9-16-10-8-15(3,17)14-7-6-13(18-4)11-12(14)2/h6-7,11,16-17H,5,8-10H2,1-4H3. The highest BCUT2D eigenvalue weighted by Crippen LogP contribution is 2.29. The van der Waals surface area contributed by atoms with Gasteiger partial charge >= 0.3 is 0 Å². The summed E-state index contributed by atoms with van der Waals surface area (Å²) in [5, 5.41) is 13.9. The molecule has 18 heavy (non-hydrogen) atoms. The molecule has 102 valence electrons. The molecule has 0 saturated carbocycles. The molecule has 1 aromatic rings. The van der Waals surface area contributed by atoms with Gasteiger partial charge in [0.15, 0.2) is 0 Å². The van der Waals surface area contributed by atoms with Crippen LogP contribution in [-0.4, -0.2) is 25.3 Å². The van der Waals surface area contributed by atoms with E-state index in [1.165, 1.54) is 0 Å². The number of methoxy groups -OCH3 is 1. The van der Waals surface area contributed by atoms with Crippen molar-refractivity contribution in [2.45, 2.75) is 39.2 Å². The third-order valence-electron chi connectivity index (χ3n) is 3.23. The van der Waals surface area contributed by atoms with E-state index in [1.807, 2.05) is 32.0 Å². The first-order chi connectivity index (χ1) is 8.51. The van der Waals surface area contributed by atoms with Gasteiger partial charge in [-0.1, -0.05) is 13.0 Å². The Morgan fingerprint density at radius 3 is 2.61 bits per heavy atom. The number of hydrogen-bond donors (Lipinski definition) is 2. The van der Waals surface area contributed by atoms with Gasteiger partial charge in [0, 0.05) is 0 Å². The molecule has 3 nitrogen and oxygen atoms in total. The van der Waals surface area contributed by atoms with Gasteiger partial charge in [-0.3, -0.25) is 0 Å². The summed E-state index contributed by atoms with van der Waals surface area (Å²) in [5.41, 5.74) is 1.24. The van der Waals surface area contributed by atoms with Gasteiger partial charge in [0.2, 0.25) is 0 Å². The maximum absolute atomic E-state index is 10.5. The summed E-state index contributed by atoms with van der Waals surface area (Å²) in [4.78, 5) is 0. The fourth-order valence-electron chi connectivity index (χ4n) is 2.14. The molecule has 0 fully saturated rings. The van der Waals surface area contributed by atoms with Crippen molar-refractivity contribution in [1.82, 2.24) is 5.32 Å². The highest BCUT2D eigenvalue weighted by molar-refractivity contribution is 5.37. The van der Waals surface area contributed by atoms with E-state index in [2.05, 4.69) is 12.2 Å². The van der Waals surface area contributed by atoms with Crippen LogP contribution in [0.4, 0.5) is 0 Å². The van der Waals surface area contributed by atoms with E-state index in [0.29, 0.717) is 6.42 Å². The van der Waals surface area contributed by atoms with Gasteiger partial charge in [-0.15, -0.1) is 0 Å². The molecule has 0 aromatic heterocycles. The zero-order valence-electron chi connectivity index (χ0n) is 11.9. The van der Waals surface area contributed by atoms with Crippen molar-refractivity contribution in [2.75, 3.05) is 20.2 Å². The molecule has 0 saturated heterocycles. The van der Waals surface area contributed by atoms with Crippen LogP contribution in [0.25, 0.3) is 0 Å². The lowest BCUT2D eigenvalue weighted by Crippen LogP contribution is -2.28. The Bertz CT molecular complexity index is 375. The van der Waals surface area contributed by atoms with Crippen LogP contribution in [0.2, 0.25) is 0 Å². The van der Waals surface area contributed by atoms with Crippen LogP contribution < -0.4 is 10.1 Å². The number of benzene rings is 1. The molecule has 0 bridgehead atoms. The summed E-state index contributed by atoms with van der Waals surface area (Å²) in [6.07, 6.45) is 1.82. The van der Waals surface area contributed by atoms with Crippen molar-refractivity contribution in [3.8, 4) is 5.75 Å². The highest BCUT2D eigenvalue weighted by atomic mass is 16.5. The smallest absolute Gasteiger partial charge is 0.119 e. The van der Waals surface area contributed by atoms with E-state index < -0.39 is 5.60 Å². The normalized spacial score (nSPS) is 14.3. The van der Waals surface area contributed by atoms with Crippen molar-refractivity contribution >= 4 is 0 Å². The quantitative estimate of drug-likeness (QED) is 0.732. The number of nitrogens with one attached hydrogen (secondary N) is 1. The minimum Gasteiger partial charge on any atom is -0.497 e. The van der Waals surface area contributed by atoms with Crippen LogP contribution in [-0.2, 0) is 5.60 Å². The molecular formula is C15H25NO2. The summed E-state index contributed by atoms with van der Waals surface area (Å²) in [7, 11) is 1.65. The van der Waals surface area contributed by atoms with Gasteiger partial charge in [-0.05, 0) is 63.0 Å². The molecule has 0 aliphatic carbocycles. The molecule has 1 atom stereocenters. The lowest BCUT2D eigenvalue weighted by atomic mass is 9.89. The second-order valence-corrected chi connectivity index (χ2v) is 4.95. The second-order valence-electron chi connectivity index (χ2n) is 4.95. The molecule has 0 aliphatic rings. The number of rotatable bonds is 7. The predicted octanol–water partition coefficient (Wildman–Crippen LogP) is 2.60. The fourth-order valence-corrected chi connectivity index (χ4v) is 2.14. The number of hydrogen-bond acceptors (Lipinski definition) is 3. The van der Waals surface area contributed by atoms with Crippen LogP contribution in [0, 0.1) is 6.92 Å².